The minimum absolute atomic E-state index is 0.0711. The second kappa shape index (κ2) is 9.04. The van der Waals surface area contributed by atoms with Crippen molar-refractivity contribution in [3.63, 3.8) is 0 Å². The molecule has 1 aromatic rings. The van der Waals surface area contributed by atoms with Gasteiger partial charge in [0.15, 0.2) is 0 Å². The quantitative estimate of drug-likeness (QED) is 0.837. The van der Waals surface area contributed by atoms with Gasteiger partial charge in [-0.2, -0.15) is 0 Å². The molecule has 0 bridgehead atoms. The van der Waals surface area contributed by atoms with Crippen molar-refractivity contribution in [1.29, 1.82) is 0 Å². The molecule has 2 N–H and O–H groups in total. The van der Waals surface area contributed by atoms with Crippen molar-refractivity contribution >= 4 is 6.03 Å². The Morgan fingerprint density at radius 1 is 1.17 bits per heavy atom. The van der Waals surface area contributed by atoms with E-state index in [-0.39, 0.29) is 6.03 Å². The number of hydrogen-bond donors (Lipinski definition) is 2. The number of piperazine rings is 1. The lowest BCUT2D eigenvalue weighted by Gasteiger charge is -2.37. The maximum Gasteiger partial charge on any atom is 0.314 e. The van der Waals surface area contributed by atoms with Crippen LogP contribution in [0.15, 0.2) is 30.3 Å². The van der Waals surface area contributed by atoms with E-state index < -0.39 is 0 Å². The molecule has 24 heavy (non-hydrogen) atoms. The molecule has 0 aliphatic carbocycles. The zero-order chi connectivity index (χ0) is 17.5. The van der Waals surface area contributed by atoms with E-state index in [1.165, 1.54) is 5.56 Å². The fourth-order valence-corrected chi connectivity index (χ4v) is 3.24. The van der Waals surface area contributed by atoms with E-state index in [9.17, 15) is 4.79 Å². The number of amides is 2. The average Bonchev–Trinajstić information content (AvgIpc) is 2.56. The molecule has 1 aromatic carbocycles. The maximum atomic E-state index is 12.2. The fourth-order valence-electron chi connectivity index (χ4n) is 3.24. The van der Waals surface area contributed by atoms with E-state index in [4.69, 9.17) is 0 Å². The molecule has 1 fully saturated rings. The molecule has 1 aliphatic heterocycles. The van der Waals surface area contributed by atoms with Crippen molar-refractivity contribution in [2.75, 3.05) is 46.8 Å². The Morgan fingerprint density at radius 3 is 2.54 bits per heavy atom. The van der Waals surface area contributed by atoms with Gasteiger partial charge in [0.25, 0.3) is 0 Å². The van der Waals surface area contributed by atoms with E-state index in [0.29, 0.717) is 31.0 Å². The Bertz CT molecular complexity index is 505. The summed E-state index contributed by atoms with van der Waals surface area (Å²) in [6, 6.07) is 10.7. The molecule has 1 saturated heterocycles. The van der Waals surface area contributed by atoms with Crippen LogP contribution in [0, 0.1) is 5.92 Å². The van der Waals surface area contributed by atoms with Gasteiger partial charge in [0.2, 0.25) is 0 Å². The van der Waals surface area contributed by atoms with Gasteiger partial charge < -0.3 is 15.5 Å². The highest BCUT2D eigenvalue weighted by Crippen LogP contribution is 2.23. The lowest BCUT2D eigenvalue weighted by Crippen LogP contribution is -2.55. The third kappa shape index (κ3) is 5.49. The van der Waals surface area contributed by atoms with Gasteiger partial charge in [0.1, 0.15) is 0 Å². The van der Waals surface area contributed by atoms with Crippen molar-refractivity contribution in [2.45, 2.75) is 25.8 Å². The monoisotopic (exact) mass is 332 g/mol. The number of carbonyl (C=O) groups is 1. The molecule has 2 rings (SSSR count). The van der Waals surface area contributed by atoms with Crippen molar-refractivity contribution in [3.8, 4) is 0 Å². The molecule has 2 atom stereocenters. The minimum atomic E-state index is -0.0711. The zero-order valence-electron chi connectivity index (χ0n) is 15.5. The normalized spacial score (nSPS) is 20.8. The molecule has 0 radical (unpaired) electrons. The number of benzene rings is 1. The smallest absolute Gasteiger partial charge is 0.314 e. The first-order valence-electron chi connectivity index (χ1n) is 8.92. The Morgan fingerprint density at radius 2 is 1.88 bits per heavy atom. The number of likely N-dealkylation sites (N-methyl/N-ethyl adjacent to an activating group) is 2. The van der Waals surface area contributed by atoms with Gasteiger partial charge in [-0.1, -0.05) is 44.2 Å². The summed E-state index contributed by atoms with van der Waals surface area (Å²) in [6.45, 7) is 8.88. The first-order chi connectivity index (χ1) is 11.5. The number of nitrogens with one attached hydrogen (secondary N) is 2. The molecule has 1 aliphatic rings. The van der Waals surface area contributed by atoms with E-state index in [1.54, 1.807) is 0 Å². The van der Waals surface area contributed by atoms with Crippen LogP contribution in [0.4, 0.5) is 4.79 Å². The molecular formula is C19H32N4O. The summed E-state index contributed by atoms with van der Waals surface area (Å²) in [5, 5.41) is 6.08. The molecule has 2 amide bonds. The van der Waals surface area contributed by atoms with Gasteiger partial charge in [0.05, 0.1) is 0 Å². The van der Waals surface area contributed by atoms with Gasteiger partial charge in [0, 0.05) is 44.7 Å². The van der Waals surface area contributed by atoms with Crippen LogP contribution < -0.4 is 10.6 Å². The van der Waals surface area contributed by atoms with Crippen LogP contribution in [-0.4, -0.2) is 68.7 Å². The zero-order valence-corrected chi connectivity index (χ0v) is 15.5. The van der Waals surface area contributed by atoms with Crippen molar-refractivity contribution in [3.05, 3.63) is 35.9 Å². The van der Waals surface area contributed by atoms with Crippen LogP contribution in [0.5, 0.6) is 0 Å². The van der Waals surface area contributed by atoms with Crippen LogP contribution in [-0.2, 0) is 0 Å². The number of rotatable bonds is 6. The van der Waals surface area contributed by atoms with Crippen LogP contribution in [0.3, 0.4) is 0 Å². The highest BCUT2D eigenvalue weighted by atomic mass is 16.2. The van der Waals surface area contributed by atoms with Crippen molar-refractivity contribution in [2.24, 2.45) is 5.92 Å². The molecule has 0 saturated carbocycles. The van der Waals surface area contributed by atoms with Crippen molar-refractivity contribution < 1.29 is 4.79 Å². The summed E-state index contributed by atoms with van der Waals surface area (Å²) in [7, 11) is 4.26. The van der Waals surface area contributed by atoms with Gasteiger partial charge in [-0.3, -0.25) is 4.90 Å². The summed E-state index contributed by atoms with van der Waals surface area (Å²) in [4.78, 5) is 16.8. The second-order valence-corrected chi connectivity index (χ2v) is 7.25. The Hall–Kier alpha value is -1.59. The number of nitrogens with zero attached hydrogens (tertiary/aromatic N) is 2. The van der Waals surface area contributed by atoms with Gasteiger partial charge in [-0.15, -0.1) is 0 Å². The Labute approximate surface area is 146 Å². The molecule has 1 heterocycles. The lowest BCUT2D eigenvalue weighted by molar-refractivity contribution is 0.114. The van der Waals surface area contributed by atoms with Gasteiger partial charge in [-0.05, 0) is 25.6 Å². The standard InChI is InChI=1S/C19H32N4O/c1-15(2)18(16-8-6-5-7-9-16)13-21-19(24)20-12-17-14-22(3)10-11-23(17)4/h5-9,15,17-18H,10-14H2,1-4H3,(H2,20,21,24)/t17-,18+/m1/s1. The molecule has 0 unspecified atom stereocenters. The highest BCUT2D eigenvalue weighted by molar-refractivity contribution is 5.73. The van der Waals surface area contributed by atoms with Crippen LogP contribution in [0.25, 0.3) is 0 Å². The molecule has 134 valence electrons. The van der Waals surface area contributed by atoms with E-state index in [0.717, 1.165) is 19.6 Å². The Balaban J connectivity index is 1.79. The summed E-state index contributed by atoms with van der Waals surface area (Å²) in [6.07, 6.45) is 0. The minimum Gasteiger partial charge on any atom is -0.338 e. The SMILES string of the molecule is CC(C)[C@H](CNC(=O)NC[C@@H]1CN(C)CCN1C)c1ccccc1. The van der Waals surface area contributed by atoms with Crippen LogP contribution in [0.2, 0.25) is 0 Å². The Kier molecular flexibility index (Phi) is 7.06. The van der Waals surface area contributed by atoms with E-state index in [1.807, 2.05) is 6.07 Å². The summed E-state index contributed by atoms with van der Waals surface area (Å²) >= 11 is 0. The van der Waals surface area contributed by atoms with E-state index in [2.05, 4.69) is 72.6 Å². The number of carbonyl (C=O) groups excluding carboxylic acids is 1. The number of hydrogen-bond acceptors (Lipinski definition) is 3. The first kappa shape index (κ1) is 18.7. The topological polar surface area (TPSA) is 47.6 Å². The predicted molar refractivity (Wildman–Crippen MR) is 99.3 cm³/mol. The van der Waals surface area contributed by atoms with Gasteiger partial charge in [-0.25, -0.2) is 4.79 Å². The highest BCUT2D eigenvalue weighted by Gasteiger charge is 2.22. The predicted octanol–water partition coefficient (Wildman–Crippen LogP) is 1.97. The van der Waals surface area contributed by atoms with Gasteiger partial charge >= 0.3 is 6.03 Å². The summed E-state index contributed by atoms with van der Waals surface area (Å²) in [5.41, 5.74) is 1.28. The first-order valence-corrected chi connectivity index (χ1v) is 8.92. The molecule has 0 spiro atoms. The second-order valence-electron chi connectivity index (χ2n) is 7.25. The molecule has 5 nitrogen and oxygen atoms in total. The fraction of sp³-hybridized carbons (Fsp3) is 0.632. The van der Waals surface area contributed by atoms with Crippen molar-refractivity contribution in [1.82, 2.24) is 20.4 Å². The third-order valence-electron chi connectivity index (χ3n) is 4.99. The summed E-state index contributed by atoms with van der Waals surface area (Å²) in [5.74, 6) is 0.811. The average molecular weight is 332 g/mol. The molecular weight excluding hydrogens is 300 g/mol. The molecule has 5 heteroatoms. The largest absolute Gasteiger partial charge is 0.338 e. The van der Waals surface area contributed by atoms with Crippen LogP contribution in [0.1, 0.15) is 25.3 Å². The molecule has 0 aromatic heterocycles. The lowest BCUT2D eigenvalue weighted by atomic mass is 9.88. The number of urea groups is 1. The van der Waals surface area contributed by atoms with Crippen LogP contribution >= 0.6 is 0 Å². The third-order valence-corrected chi connectivity index (χ3v) is 4.99. The maximum absolute atomic E-state index is 12.2. The van der Waals surface area contributed by atoms with E-state index >= 15 is 0 Å². The summed E-state index contributed by atoms with van der Waals surface area (Å²) < 4.78 is 0.